The summed E-state index contributed by atoms with van der Waals surface area (Å²) in [6.07, 6.45) is 0. The van der Waals surface area contributed by atoms with Crippen LogP contribution in [0.4, 0.5) is 5.82 Å². The highest BCUT2D eigenvalue weighted by molar-refractivity contribution is 9.10. The molecule has 0 saturated carbocycles. The Kier molecular flexibility index (Phi) is 2.52. The zero-order chi connectivity index (χ0) is 11.0. The maximum Gasteiger partial charge on any atom is 0.146 e. The van der Waals surface area contributed by atoms with E-state index in [0.29, 0.717) is 5.82 Å². The Bertz CT molecular complexity index is 503. The van der Waals surface area contributed by atoms with E-state index in [1.165, 1.54) is 5.56 Å². The van der Waals surface area contributed by atoms with Gasteiger partial charge in [-0.2, -0.15) is 5.10 Å². The van der Waals surface area contributed by atoms with Crippen molar-refractivity contribution in [1.82, 2.24) is 9.78 Å². The lowest BCUT2D eigenvalue weighted by Crippen LogP contribution is -2.01. The van der Waals surface area contributed by atoms with Crippen LogP contribution in [0.3, 0.4) is 0 Å². The molecule has 0 radical (unpaired) electrons. The zero-order valence-corrected chi connectivity index (χ0v) is 10.2. The molecule has 1 heterocycles. The average molecular weight is 266 g/mol. The second kappa shape index (κ2) is 3.70. The molecule has 1 aromatic heterocycles. The number of nitrogen functional groups attached to an aromatic ring is 1. The summed E-state index contributed by atoms with van der Waals surface area (Å²) in [4.78, 5) is 0. The first-order valence-electron chi connectivity index (χ1n) is 4.66. The topological polar surface area (TPSA) is 43.8 Å². The lowest BCUT2D eigenvalue weighted by molar-refractivity contribution is 0.844. The van der Waals surface area contributed by atoms with Crippen LogP contribution in [0.5, 0.6) is 0 Å². The minimum atomic E-state index is 0.548. The number of hydrogen-bond donors (Lipinski definition) is 1. The van der Waals surface area contributed by atoms with Gasteiger partial charge in [-0.05, 0) is 31.5 Å². The molecule has 15 heavy (non-hydrogen) atoms. The molecular formula is C11H12BrN3. The maximum atomic E-state index is 5.66. The Morgan fingerprint density at radius 2 is 2.00 bits per heavy atom. The quantitative estimate of drug-likeness (QED) is 0.862. The molecule has 2 aromatic rings. The van der Waals surface area contributed by atoms with Gasteiger partial charge in [-0.3, -0.25) is 0 Å². The Hall–Kier alpha value is -1.29. The van der Waals surface area contributed by atoms with Crippen molar-refractivity contribution >= 4 is 21.7 Å². The van der Waals surface area contributed by atoms with Gasteiger partial charge in [-0.15, -0.1) is 0 Å². The standard InChI is InChI=1S/C11H12BrN3/c1-7-3-4-9(12)6-10(7)15-8(2)5-11(13)14-15/h3-6H,1-2H3,(H2,13,14). The van der Waals surface area contributed by atoms with E-state index < -0.39 is 0 Å². The molecule has 0 bridgehead atoms. The summed E-state index contributed by atoms with van der Waals surface area (Å²) in [6.45, 7) is 4.04. The van der Waals surface area contributed by atoms with E-state index in [1.54, 1.807) is 0 Å². The molecule has 2 N–H and O–H groups in total. The number of halogens is 1. The van der Waals surface area contributed by atoms with Crippen molar-refractivity contribution in [3.05, 3.63) is 40.0 Å². The highest BCUT2D eigenvalue weighted by Crippen LogP contribution is 2.21. The number of aryl methyl sites for hydroxylation is 2. The molecule has 78 valence electrons. The molecule has 4 heteroatoms. The molecule has 0 atom stereocenters. The number of hydrogen-bond acceptors (Lipinski definition) is 2. The molecular weight excluding hydrogens is 254 g/mol. The SMILES string of the molecule is Cc1ccc(Br)cc1-n1nc(N)cc1C. The highest BCUT2D eigenvalue weighted by atomic mass is 79.9. The lowest BCUT2D eigenvalue weighted by atomic mass is 10.2. The van der Waals surface area contributed by atoms with Gasteiger partial charge in [0.2, 0.25) is 0 Å². The van der Waals surface area contributed by atoms with Crippen LogP contribution in [0.2, 0.25) is 0 Å². The third kappa shape index (κ3) is 1.90. The van der Waals surface area contributed by atoms with Crippen molar-refractivity contribution in [2.75, 3.05) is 5.73 Å². The van der Waals surface area contributed by atoms with Crippen LogP contribution in [-0.4, -0.2) is 9.78 Å². The summed E-state index contributed by atoms with van der Waals surface area (Å²) < 4.78 is 2.90. The number of nitrogens with zero attached hydrogens (tertiary/aromatic N) is 2. The minimum absolute atomic E-state index is 0.548. The van der Waals surface area contributed by atoms with Crippen LogP contribution >= 0.6 is 15.9 Å². The highest BCUT2D eigenvalue weighted by Gasteiger charge is 2.06. The maximum absolute atomic E-state index is 5.66. The van der Waals surface area contributed by atoms with Crippen LogP contribution in [-0.2, 0) is 0 Å². The van der Waals surface area contributed by atoms with Gasteiger partial charge in [-0.25, -0.2) is 4.68 Å². The number of aromatic nitrogens is 2. The summed E-state index contributed by atoms with van der Waals surface area (Å²) in [6, 6.07) is 7.97. The van der Waals surface area contributed by atoms with E-state index in [0.717, 1.165) is 15.9 Å². The molecule has 3 nitrogen and oxygen atoms in total. The molecule has 0 aliphatic carbocycles. The number of rotatable bonds is 1. The Labute approximate surface area is 97.0 Å². The van der Waals surface area contributed by atoms with Gasteiger partial charge in [0, 0.05) is 16.2 Å². The summed E-state index contributed by atoms with van der Waals surface area (Å²) in [5.41, 5.74) is 8.92. The second-order valence-corrected chi connectivity index (χ2v) is 4.47. The van der Waals surface area contributed by atoms with Crippen molar-refractivity contribution in [2.45, 2.75) is 13.8 Å². The average Bonchev–Trinajstić information content (AvgIpc) is 2.50. The van der Waals surface area contributed by atoms with Gasteiger partial charge in [-0.1, -0.05) is 22.0 Å². The summed E-state index contributed by atoms with van der Waals surface area (Å²) in [5, 5.41) is 4.26. The fourth-order valence-corrected chi connectivity index (χ4v) is 1.90. The molecule has 1 aromatic carbocycles. The van der Waals surface area contributed by atoms with Gasteiger partial charge in [0.1, 0.15) is 5.82 Å². The summed E-state index contributed by atoms with van der Waals surface area (Å²) >= 11 is 3.45. The van der Waals surface area contributed by atoms with Gasteiger partial charge >= 0.3 is 0 Å². The molecule has 0 fully saturated rings. The van der Waals surface area contributed by atoms with Crippen molar-refractivity contribution in [1.29, 1.82) is 0 Å². The van der Waals surface area contributed by atoms with E-state index in [9.17, 15) is 0 Å². The van der Waals surface area contributed by atoms with E-state index in [4.69, 9.17) is 5.73 Å². The molecule has 0 amide bonds. The molecule has 0 aliphatic rings. The van der Waals surface area contributed by atoms with Crippen LogP contribution < -0.4 is 5.73 Å². The second-order valence-electron chi connectivity index (χ2n) is 3.55. The van der Waals surface area contributed by atoms with Crippen LogP contribution in [0.1, 0.15) is 11.3 Å². The third-order valence-corrected chi connectivity index (χ3v) is 2.80. The first-order chi connectivity index (χ1) is 7.08. The Balaban J connectivity index is 2.62. The van der Waals surface area contributed by atoms with E-state index in [-0.39, 0.29) is 0 Å². The van der Waals surface area contributed by atoms with Crippen LogP contribution in [0.15, 0.2) is 28.7 Å². The largest absolute Gasteiger partial charge is 0.382 e. The summed E-state index contributed by atoms with van der Waals surface area (Å²) in [7, 11) is 0. The predicted octanol–water partition coefficient (Wildman–Crippen LogP) is 2.83. The number of anilines is 1. The van der Waals surface area contributed by atoms with E-state index >= 15 is 0 Å². The smallest absolute Gasteiger partial charge is 0.146 e. The lowest BCUT2D eigenvalue weighted by Gasteiger charge is -2.08. The fourth-order valence-electron chi connectivity index (χ4n) is 1.55. The van der Waals surface area contributed by atoms with Gasteiger partial charge in [0.05, 0.1) is 5.69 Å². The van der Waals surface area contributed by atoms with E-state index in [1.807, 2.05) is 29.8 Å². The zero-order valence-electron chi connectivity index (χ0n) is 8.66. The van der Waals surface area contributed by atoms with Gasteiger partial charge in [0.15, 0.2) is 0 Å². The molecule has 0 aliphatic heterocycles. The molecule has 0 saturated heterocycles. The van der Waals surface area contributed by atoms with Crippen LogP contribution in [0, 0.1) is 13.8 Å². The number of nitrogens with two attached hydrogens (primary N) is 1. The molecule has 0 unspecified atom stereocenters. The van der Waals surface area contributed by atoms with Crippen molar-refractivity contribution in [3.63, 3.8) is 0 Å². The van der Waals surface area contributed by atoms with Gasteiger partial charge in [0.25, 0.3) is 0 Å². The minimum Gasteiger partial charge on any atom is -0.382 e. The summed E-state index contributed by atoms with van der Waals surface area (Å²) in [5.74, 6) is 0.548. The van der Waals surface area contributed by atoms with E-state index in [2.05, 4.69) is 34.0 Å². The predicted molar refractivity (Wildman–Crippen MR) is 65.2 cm³/mol. The third-order valence-electron chi connectivity index (χ3n) is 2.31. The normalized spacial score (nSPS) is 10.6. The Morgan fingerprint density at radius 1 is 1.27 bits per heavy atom. The van der Waals surface area contributed by atoms with Crippen molar-refractivity contribution in [2.24, 2.45) is 0 Å². The van der Waals surface area contributed by atoms with Crippen molar-refractivity contribution < 1.29 is 0 Å². The first kappa shape index (κ1) is 10.2. The van der Waals surface area contributed by atoms with Crippen molar-refractivity contribution in [3.8, 4) is 5.69 Å². The Morgan fingerprint density at radius 3 is 2.60 bits per heavy atom. The van der Waals surface area contributed by atoms with Crippen LogP contribution in [0.25, 0.3) is 5.69 Å². The molecule has 2 rings (SSSR count). The number of benzene rings is 1. The van der Waals surface area contributed by atoms with Gasteiger partial charge < -0.3 is 5.73 Å². The first-order valence-corrected chi connectivity index (χ1v) is 5.46. The monoisotopic (exact) mass is 265 g/mol. The molecule has 0 spiro atoms. The fraction of sp³-hybridized carbons (Fsp3) is 0.182.